The molecule has 2 aromatic rings. The molecule has 2 aromatic carbocycles. The molecule has 0 saturated carbocycles. The Morgan fingerprint density at radius 2 is 1.55 bits per heavy atom. The maximum atomic E-state index is 13.0. The topological polar surface area (TPSA) is 52.7 Å². The van der Waals surface area contributed by atoms with Crippen LogP contribution in [-0.4, -0.2) is 54.3 Å². The maximum Gasteiger partial charge on any atom is 0.238 e. The van der Waals surface area contributed by atoms with Crippen molar-refractivity contribution in [2.24, 2.45) is 0 Å². The SMILES string of the molecule is CCC(C(=O)N1CCN(CC(=O)Nc2c(C)cccc2C)CC1)c1ccccc1. The Morgan fingerprint density at radius 3 is 2.14 bits per heavy atom. The number of carbonyl (C=O) groups is 2. The smallest absolute Gasteiger partial charge is 0.238 e. The maximum absolute atomic E-state index is 13.0. The van der Waals surface area contributed by atoms with Gasteiger partial charge in [-0.15, -0.1) is 0 Å². The number of nitrogens with zero attached hydrogens (tertiary/aromatic N) is 2. The first-order chi connectivity index (χ1) is 14.0. The van der Waals surface area contributed by atoms with Gasteiger partial charge in [-0.2, -0.15) is 0 Å². The highest BCUT2D eigenvalue weighted by Gasteiger charge is 2.28. The van der Waals surface area contributed by atoms with Crippen molar-refractivity contribution in [1.29, 1.82) is 0 Å². The number of carbonyl (C=O) groups excluding carboxylic acids is 2. The van der Waals surface area contributed by atoms with Crippen LogP contribution in [0.3, 0.4) is 0 Å². The van der Waals surface area contributed by atoms with Crippen LogP contribution >= 0.6 is 0 Å². The number of benzene rings is 2. The highest BCUT2D eigenvalue weighted by atomic mass is 16.2. The summed E-state index contributed by atoms with van der Waals surface area (Å²) in [6, 6.07) is 16.0. The average molecular weight is 394 g/mol. The minimum Gasteiger partial charge on any atom is -0.340 e. The summed E-state index contributed by atoms with van der Waals surface area (Å²) in [5.74, 6) is 0.103. The molecule has 1 heterocycles. The predicted molar refractivity (Wildman–Crippen MR) is 117 cm³/mol. The molecule has 1 aliphatic rings. The molecule has 0 aliphatic carbocycles. The summed E-state index contributed by atoms with van der Waals surface area (Å²) in [7, 11) is 0. The quantitative estimate of drug-likeness (QED) is 0.816. The fraction of sp³-hybridized carbons (Fsp3) is 0.417. The molecular formula is C24H31N3O2. The molecule has 0 spiro atoms. The van der Waals surface area contributed by atoms with Gasteiger partial charge in [0.15, 0.2) is 0 Å². The first kappa shape index (κ1) is 21.1. The minimum atomic E-state index is -0.0879. The summed E-state index contributed by atoms with van der Waals surface area (Å²) in [5.41, 5.74) is 4.12. The number of anilines is 1. The van der Waals surface area contributed by atoms with E-state index < -0.39 is 0 Å². The van der Waals surface area contributed by atoms with Gasteiger partial charge in [-0.3, -0.25) is 14.5 Å². The van der Waals surface area contributed by atoms with E-state index in [1.165, 1.54) is 0 Å². The van der Waals surface area contributed by atoms with Gasteiger partial charge in [-0.05, 0) is 37.0 Å². The molecule has 1 unspecified atom stereocenters. The molecule has 154 valence electrons. The second kappa shape index (κ2) is 9.70. The fourth-order valence-electron chi connectivity index (χ4n) is 3.98. The van der Waals surface area contributed by atoms with Gasteiger partial charge in [0.1, 0.15) is 0 Å². The van der Waals surface area contributed by atoms with Crippen molar-refractivity contribution in [2.45, 2.75) is 33.1 Å². The highest BCUT2D eigenvalue weighted by Crippen LogP contribution is 2.23. The molecule has 1 fully saturated rings. The molecule has 5 heteroatoms. The van der Waals surface area contributed by atoms with E-state index in [-0.39, 0.29) is 17.7 Å². The number of para-hydroxylation sites is 1. The molecule has 3 rings (SSSR count). The Morgan fingerprint density at radius 1 is 0.931 bits per heavy atom. The van der Waals surface area contributed by atoms with Crippen LogP contribution in [0.1, 0.15) is 36.0 Å². The van der Waals surface area contributed by atoms with E-state index in [9.17, 15) is 9.59 Å². The van der Waals surface area contributed by atoms with Gasteiger partial charge in [0.2, 0.25) is 11.8 Å². The molecule has 29 heavy (non-hydrogen) atoms. The molecular weight excluding hydrogens is 362 g/mol. The third-order valence-corrected chi connectivity index (χ3v) is 5.71. The third-order valence-electron chi connectivity index (χ3n) is 5.71. The van der Waals surface area contributed by atoms with Gasteiger partial charge >= 0.3 is 0 Å². The van der Waals surface area contributed by atoms with Crippen LogP contribution in [0.5, 0.6) is 0 Å². The molecule has 0 aromatic heterocycles. The van der Waals surface area contributed by atoms with E-state index in [1.807, 2.05) is 67.3 Å². The number of amides is 2. The fourth-order valence-corrected chi connectivity index (χ4v) is 3.98. The van der Waals surface area contributed by atoms with Gasteiger partial charge < -0.3 is 10.2 Å². The van der Waals surface area contributed by atoms with Crippen molar-refractivity contribution >= 4 is 17.5 Å². The minimum absolute atomic E-state index is 0.00195. The van der Waals surface area contributed by atoms with Crippen molar-refractivity contribution in [3.8, 4) is 0 Å². The van der Waals surface area contributed by atoms with E-state index in [4.69, 9.17) is 0 Å². The van der Waals surface area contributed by atoms with Crippen molar-refractivity contribution in [3.63, 3.8) is 0 Å². The molecule has 5 nitrogen and oxygen atoms in total. The lowest BCUT2D eigenvalue weighted by Gasteiger charge is -2.36. The zero-order chi connectivity index (χ0) is 20.8. The number of aryl methyl sites for hydroxylation is 2. The molecule has 2 amide bonds. The largest absolute Gasteiger partial charge is 0.340 e. The average Bonchev–Trinajstić information content (AvgIpc) is 2.73. The van der Waals surface area contributed by atoms with Gasteiger partial charge in [0.05, 0.1) is 12.5 Å². The Hall–Kier alpha value is -2.66. The van der Waals surface area contributed by atoms with E-state index >= 15 is 0 Å². The van der Waals surface area contributed by atoms with E-state index in [2.05, 4.69) is 17.1 Å². The van der Waals surface area contributed by atoms with Crippen LogP contribution in [0.2, 0.25) is 0 Å². The number of piperazine rings is 1. The van der Waals surface area contributed by atoms with Crippen molar-refractivity contribution in [1.82, 2.24) is 9.80 Å². The number of hydrogen-bond acceptors (Lipinski definition) is 3. The van der Waals surface area contributed by atoms with Crippen molar-refractivity contribution < 1.29 is 9.59 Å². The zero-order valence-corrected chi connectivity index (χ0v) is 17.6. The Labute approximate surface area is 173 Å². The molecule has 1 aliphatic heterocycles. The second-order valence-corrected chi connectivity index (χ2v) is 7.79. The third kappa shape index (κ3) is 5.24. The van der Waals surface area contributed by atoms with Gasteiger partial charge in [-0.1, -0.05) is 55.5 Å². The lowest BCUT2D eigenvalue weighted by molar-refractivity contribution is -0.134. The Kier molecular flexibility index (Phi) is 7.04. The van der Waals surface area contributed by atoms with Gasteiger partial charge in [0, 0.05) is 31.9 Å². The van der Waals surface area contributed by atoms with Crippen LogP contribution in [-0.2, 0) is 9.59 Å². The van der Waals surface area contributed by atoms with Crippen LogP contribution in [0.4, 0.5) is 5.69 Å². The first-order valence-corrected chi connectivity index (χ1v) is 10.4. The standard InChI is InChI=1S/C24H31N3O2/c1-4-21(20-11-6-5-7-12-20)24(29)27-15-13-26(14-16-27)17-22(28)25-23-18(2)9-8-10-19(23)3/h5-12,21H,4,13-17H2,1-3H3,(H,25,28). The number of nitrogens with one attached hydrogen (secondary N) is 1. The summed E-state index contributed by atoms with van der Waals surface area (Å²) in [5, 5.41) is 3.05. The Balaban J connectivity index is 1.52. The summed E-state index contributed by atoms with van der Waals surface area (Å²) < 4.78 is 0. The highest BCUT2D eigenvalue weighted by molar-refractivity contribution is 5.93. The Bertz CT molecular complexity index is 822. The molecule has 1 saturated heterocycles. The van der Waals surface area contributed by atoms with Crippen molar-refractivity contribution in [3.05, 3.63) is 65.2 Å². The van der Waals surface area contributed by atoms with Crippen LogP contribution in [0.25, 0.3) is 0 Å². The number of rotatable bonds is 6. The van der Waals surface area contributed by atoms with Crippen LogP contribution in [0, 0.1) is 13.8 Å². The lowest BCUT2D eigenvalue weighted by Crippen LogP contribution is -2.51. The summed E-state index contributed by atoms with van der Waals surface area (Å²) in [6.07, 6.45) is 0.793. The predicted octanol–water partition coefficient (Wildman–Crippen LogP) is 3.58. The van der Waals surface area contributed by atoms with Gasteiger partial charge in [0.25, 0.3) is 0 Å². The summed E-state index contributed by atoms with van der Waals surface area (Å²) in [6.45, 7) is 9.19. The normalized spacial score (nSPS) is 15.8. The zero-order valence-electron chi connectivity index (χ0n) is 17.6. The van der Waals surface area contributed by atoms with Gasteiger partial charge in [-0.25, -0.2) is 0 Å². The molecule has 0 radical (unpaired) electrons. The van der Waals surface area contributed by atoms with E-state index in [1.54, 1.807) is 0 Å². The number of hydrogen-bond donors (Lipinski definition) is 1. The second-order valence-electron chi connectivity index (χ2n) is 7.79. The molecule has 1 N–H and O–H groups in total. The monoisotopic (exact) mass is 393 g/mol. The van der Waals surface area contributed by atoms with Crippen LogP contribution in [0.15, 0.2) is 48.5 Å². The molecule has 0 bridgehead atoms. The first-order valence-electron chi connectivity index (χ1n) is 10.4. The molecule has 1 atom stereocenters. The summed E-state index contributed by atoms with van der Waals surface area (Å²) >= 11 is 0. The van der Waals surface area contributed by atoms with E-state index in [0.717, 1.165) is 41.9 Å². The summed E-state index contributed by atoms with van der Waals surface area (Å²) in [4.78, 5) is 29.6. The lowest BCUT2D eigenvalue weighted by atomic mass is 9.95. The van der Waals surface area contributed by atoms with Crippen molar-refractivity contribution in [2.75, 3.05) is 38.0 Å². The van der Waals surface area contributed by atoms with Crippen LogP contribution < -0.4 is 5.32 Å². The van der Waals surface area contributed by atoms with E-state index in [0.29, 0.717) is 19.6 Å².